The number of methoxy groups -OCH3 is 2. The molecule has 0 bridgehead atoms. The van der Waals surface area contributed by atoms with Gasteiger partial charge in [0.1, 0.15) is 0 Å². The highest BCUT2D eigenvalue weighted by Crippen LogP contribution is 2.12. The highest BCUT2D eigenvalue weighted by atomic mass is 16.5. The van der Waals surface area contributed by atoms with E-state index in [-0.39, 0.29) is 0 Å². The van der Waals surface area contributed by atoms with Crippen molar-refractivity contribution in [3.63, 3.8) is 0 Å². The molecule has 2 atom stereocenters. The highest BCUT2D eigenvalue weighted by Gasteiger charge is 2.26. The Bertz CT molecular complexity index is 232. The van der Waals surface area contributed by atoms with Crippen LogP contribution in [0.25, 0.3) is 0 Å². The molecule has 2 aliphatic heterocycles. The average Bonchev–Trinajstić information content (AvgIpc) is 2.86. The number of hydrogen-bond acceptors (Lipinski definition) is 5. The lowest BCUT2D eigenvalue weighted by molar-refractivity contribution is 0.0895. The molecule has 0 saturated carbocycles. The summed E-state index contributed by atoms with van der Waals surface area (Å²) in [6, 6.07) is 0.612. The molecule has 2 aliphatic rings. The number of nitrogens with one attached hydrogen (secondary N) is 1. The Morgan fingerprint density at radius 1 is 1.11 bits per heavy atom. The van der Waals surface area contributed by atoms with Gasteiger partial charge in [0.2, 0.25) is 0 Å². The summed E-state index contributed by atoms with van der Waals surface area (Å²) < 4.78 is 10.5. The predicted molar refractivity (Wildman–Crippen MR) is 72.0 cm³/mol. The van der Waals surface area contributed by atoms with Crippen LogP contribution < -0.4 is 5.32 Å². The second kappa shape index (κ2) is 7.40. The second-order valence-electron chi connectivity index (χ2n) is 5.33. The van der Waals surface area contributed by atoms with Gasteiger partial charge in [-0.2, -0.15) is 0 Å². The SMILES string of the molecule is COCCN1CCN(C[C@@H]2C[C@H](OC)CN2)CC1. The summed E-state index contributed by atoms with van der Waals surface area (Å²) in [5.74, 6) is 0. The van der Waals surface area contributed by atoms with Gasteiger partial charge in [-0.25, -0.2) is 0 Å². The van der Waals surface area contributed by atoms with Crippen molar-refractivity contribution in [3.8, 4) is 0 Å². The lowest BCUT2D eigenvalue weighted by atomic mass is 10.2. The normalized spacial score (nSPS) is 31.0. The summed E-state index contributed by atoms with van der Waals surface area (Å²) >= 11 is 0. The zero-order valence-electron chi connectivity index (χ0n) is 11.7. The van der Waals surface area contributed by atoms with Crippen LogP contribution in [0.1, 0.15) is 6.42 Å². The quantitative estimate of drug-likeness (QED) is 0.702. The van der Waals surface area contributed by atoms with Crippen LogP contribution in [0.5, 0.6) is 0 Å². The van der Waals surface area contributed by atoms with Crippen molar-refractivity contribution in [2.75, 3.05) is 66.6 Å². The van der Waals surface area contributed by atoms with E-state index in [1.165, 1.54) is 26.2 Å². The predicted octanol–water partition coefficient (Wildman–Crippen LogP) is -0.373. The highest BCUT2D eigenvalue weighted by molar-refractivity contribution is 4.85. The molecule has 106 valence electrons. The number of ether oxygens (including phenoxy) is 2. The van der Waals surface area contributed by atoms with E-state index in [9.17, 15) is 0 Å². The number of nitrogens with zero attached hydrogens (tertiary/aromatic N) is 2. The Kier molecular flexibility index (Phi) is 5.85. The molecular weight excluding hydrogens is 230 g/mol. The first kappa shape index (κ1) is 14.2. The van der Waals surface area contributed by atoms with E-state index in [0.717, 1.165) is 32.7 Å². The molecule has 2 saturated heterocycles. The van der Waals surface area contributed by atoms with Gasteiger partial charge in [-0.3, -0.25) is 9.80 Å². The van der Waals surface area contributed by atoms with E-state index in [1.807, 2.05) is 7.11 Å². The molecule has 0 aromatic heterocycles. The smallest absolute Gasteiger partial charge is 0.0711 e. The van der Waals surface area contributed by atoms with Gasteiger partial charge in [-0.05, 0) is 6.42 Å². The van der Waals surface area contributed by atoms with Crippen LogP contribution in [0.4, 0.5) is 0 Å². The molecule has 5 nitrogen and oxygen atoms in total. The molecule has 2 heterocycles. The third-order valence-corrected chi connectivity index (χ3v) is 4.07. The van der Waals surface area contributed by atoms with Crippen LogP contribution in [-0.2, 0) is 9.47 Å². The zero-order valence-corrected chi connectivity index (χ0v) is 11.7. The molecule has 2 rings (SSSR count). The molecule has 0 unspecified atom stereocenters. The van der Waals surface area contributed by atoms with E-state index in [4.69, 9.17) is 9.47 Å². The molecule has 2 fully saturated rings. The van der Waals surface area contributed by atoms with Gasteiger partial charge in [-0.15, -0.1) is 0 Å². The molecule has 0 amide bonds. The molecule has 0 spiro atoms. The fraction of sp³-hybridized carbons (Fsp3) is 1.00. The van der Waals surface area contributed by atoms with Gasteiger partial charge >= 0.3 is 0 Å². The van der Waals surface area contributed by atoms with Crippen LogP contribution >= 0.6 is 0 Å². The molecule has 5 heteroatoms. The Morgan fingerprint density at radius 2 is 1.83 bits per heavy atom. The van der Waals surface area contributed by atoms with Crippen molar-refractivity contribution in [1.29, 1.82) is 0 Å². The summed E-state index contributed by atoms with van der Waals surface area (Å²) in [7, 11) is 3.58. The number of piperazine rings is 1. The van der Waals surface area contributed by atoms with Gasteiger partial charge < -0.3 is 14.8 Å². The Morgan fingerprint density at radius 3 is 2.44 bits per heavy atom. The van der Waals surface area contributed by atoms with Gasteiger partial charge in [0.15, 0.2) is 0 Å². The van der Waals surface area contributed by atoms with Crippen LogP contribution in [0.15, 0.2) is 0 Å². The van der Waals surface area contributed by atoms with Crippen molar-refractivity contribution >= 4 is 0 Å². The van der Waals surface area contributed by atoms with Crippen molar-refractivity contribution in [1.82, 2.24) is 15.1 Å². The summed E-state index contributed by atoms with van der Waals surface area (Å²) in [6.07, 6.45) is 1.57. The maximum atomic E-state index is 5.39. The minimum absolute atomic E-state index is 0.415. The fourth-order valence-corrected chi connectivity index (χ4v) is 2.83. The second-order valence-corrected chi connectivity index (χ2v) is 5.33. The van der Waals surface area contributed by atoms with E-state index in [0.29, 0.717) is 12.1 Å². The summed E-state index contributed by atoms with van der Waals surface area (Å²) in [5, 5.41) is 3.55. The Hall–Kier alpha value is -0.200. The Labute approximate surface area is 110 Å². The lowest BCUT2D eigenvalue weighted by Crippen LogP contribution is -2.50. The fourth-order valence-electron chi connectivity index (χ4n) is 2.83. The van der Waals surface area contributed by atoms with Crippen molar-refractivity contribution in [3.05, 3.63) is 0 Å². The Balaban J connectivity index is 1.62. The van der Waals surface area contributed by atoms with Crippen molar-refractivity contribution in [2.24, 2.45) is 0 Å². The standard InChI is InChI=1S/C13H27N3O2/c1-17-8-7-15-3-5-16(6-4-15)11-12-9-13(18-2)10-14-12/h12-14H,3-11H2,1-2H3/t12-,13-/m0/s1. The molecule has 0 aromatic carbocycles. The number of hydrogen-bond donors (Lipinski definition) is 1. The van der Waals surface area contributed by atoms with E-state index >= 15 is 0 Å². The summed E-state index contributed by atoms with van der Waals surface area (Å²) in [6.45, 7) is 8.79. The van der Waals surface area contributed by atoms with Gasteiger partial charge in [0.25, 0.3) is 0 Å². The minimum Gasteiger partial charge on any atom is -0.383 e. The largest absolute Gasteiger partial charge is 0.383 e. The van der Waals surface area contributed by atoms with Crippen LogP contribution in [-0.4, -0.2) is 88.6 Å². The van der Waals surface area contributed by atoms with Gasteiger partial charge in [0.05, 0.1) is 12.7 Å². The third-order valence-electron chi connectivity index (χ3n) is 4.07. The first-order valence-electron chi connectivity index (χ1n) is 7.01. The average molecular weight is 257 g/mol. The maximum Gasteiger partial charge on any atom is 0.0711 e. The van der Waals surface area contributed by atoms with Crippen molar-refractivity contribution < 1.29 is 9.47 Å². The first-order chi connectivity index (χ1) is 8.81. The molecule has 0 aromatic rings. The molecule has 1 N–H and O–H groups in total. The topological polar surface area (TPSA) is 37.0 Å². The molecule has 18 heavy (non-hydrogen) atoms. The van der Waals surface area contributed by atoms with Gasteiger partial charge in [0, 0.05) is 66.1 Å². The van der Waals surface area contributed by atoms with E-state index in [2.05, 4.69) is 15.1 Å². The van der Waals surface area contributed by atoms with Crippen LogP contribution in [0, 0.1) is 0 Å². The number of rotatable bonds is 6. The van der Waals surface area contributed by atoms with Crippen molar-refractivity contribution in [2.45, 2.75) is 18.6 Å². The van der Waals surface area contributed by atoms with Crippen LogP contribution in [0.3, 0.4) is 0 Å². The zero-order chi connectivity index (χ0) is 12.8. The minimum atomic E-state index is 0.415. The molecular formula is C13H27N3O2. The van der Waals surface area contributed by atoms with E-state index < -0.39 is 0 Å². The summed E-state index contributed by atoms with van der Waals surface area (Å²) in [4.78, 5) is 5.05. The lowest BCUT2D eigenvalue weighted by Gasteiger charge is -2.35. The summed E-state index contributed by atoms with van der Waals surface area (Å²) in [5.41, 5.74) is 0. The third kappa shape index (κ3) is 4.17. The van der Waals surface area contributed by atoms with Gasteiger partial charge in [-0.1, -0.05) is 0 Å². The molecule has 0 radical (unpaired) electrons. The molecule has 0 aliphatic carbocycles. The monoisotopic (exact) mass is 257 g/mol. The van der Waals surface area contributed by atoms with E-state index in [1.54, 1.807) is 7.11 Å². The van der Waals surface area contributed by atoms with Crippen LogP contribution in [0.2, 0.25) is 0 Å². The maximum absolute atomic E-state index is 5.39. The first-order valence-corrected chi connectivity index (χ1v) is 7.01.